The fourth-order valence-corrected chi connectivity index (χ4v) is 5.84. The lowest BCUT2D eigenvalue weighted by molar-refractivity contribution is 0.0631. The molecule has 8 unspecified atom stereocenters. The summed E-state index contributed by atoms with van der Waals surface area (Å²) in [6.07, 6.45) is 13.7. The minimum absolute atomic E-state index is 0.735. The van der Waals surface area contributed by atoms with Crippen molar-refractivity contribution in [3.63, 3.8) is 0 Å². The molecule has 120 valence electrons. The predicted octanol–water partition coefficient (Wildman–Crippen LogP) is 6.32. The van der Waals surface area contributed by atoms with Crippen LogP contribution in [0.3, 0.4) is 0 Å². The van der Waals surface area contributed by atoms with Gasteiger partial charge < -0.3 is 0 Å². The minimum Gasteiger partial charge on any atom is -0.0882 e. The molecule has 2 saturated carbocycles. The molecule has 0 bridgehead atoms. The van der Waals surface area contributed by atoms with Crippen LogP contribution in [0.25, 0.3) is 0 Å². The van der Waals surface area contributed by atoms with Crippen LogP contribution in [0.2, 0.25) is 0 Å². The van der Waals surface area contributed by atoms with E-state index < -0.39 is 0 Å². The van der Waals surface area contributed by atoms with Gasteiger partial charge in [0.05, 0.1) is 0 Å². The van der Waals surface area contributed by atoms with Gasteiger partial charge in [-0.15, -0.1) is 0 Å². The Balaban J connectivity index is 1.60. The molecule has 3 aliphatic rings. The molecule has 0 aromatic heterocycles. The summed E-state index contributed by atoms with van der Waals surface area (Å²) in [4.78, 5) is 0. The van der Waals surface area contributed by atoms with Crippen molar-refractivity contribution in [2.75, 3.05) is 0 Å². The second-order valence-corrected chi connectivity index (χ2v) is 9.07. The van der Waals surface area contributed by atoms with Crippen LogP contribution in [0.4, 0.5) is 0 Å². The molecule has 21 heavy (non-hydrogen) atoms. The molecule has 0 amide bonds. The Morgan fingerprint density at radius 2 is 1.62 bits per heavy atom. The summed E-state index contributed by atoms with van der Waals surface area (Å²) in [6, 6.07) is 0. The zero-order chi connectivity index (χ0) is 15.2. The molecule has 0 nitrogen and oxygen atoms in total. The van der Waals surface area contributed by atoms with E-state index in [2.05, 4.69) is 46.8 Å². The molecule has 0 radical (unpaired) electrons. The first-order chi connectivity index (χ1) is 9.95. The summed E-state index contributed by atoms with van der Waals surface area (Å²) in [5.41, 5.74) is 0.735. The van der Waals surface area contributed by atoms with E-state index in [9.17, 15) is 0 Å². The van der Waals surface area contributed by atoms with Crippen molar-refractivity contribution in [3.8, 4) is 0 Å². The molecule has 0 N–H and O–H groups in total. The van der Waals surface area contributed by atoms with E-state index >= 15 is 0 Å². The van der Waals surface area contributed by atoms with Crippen molar-refractivity contribution < 1.29 is 0 Å². The number of fused-ring (bicyclic) bond motifs is 1. The highest BCUT2D eigenvalue weighted by Crippen LogP contribution is 2.65. The average molecular weight is 289 g/mol. The van der Waals surface area contributed by atoms with Gasteiger partial charge in [-0.2, -0.15) is 0 Å². The Morgan fingerprint density at radius 3 is 2.38 bits per heavy atom. The van der Waals surface area contributed by atoms with Crippen molar-refractivity contribution in [1.82, 2.24) is 0 Å². The molecule has 8 atom stereocenters. The van der Waals surface area contributed by atoms with Gasteiger partial charge in [0.15, 0.2) is 0 Å². The van der Waals surface area contributed by atoms with Crippen LogP contribution in [0.5, 0.6) is 0 Å². The van der Waals surface area contributed by atoms with Crippen molar-refractivity contribution in [2.45, 2.75) is 73.1 Å². The van der Waals surface area contributed by atoms with E-state index in [0.717, 1.165) is 46.8 Å². The van der Waals surface area contributed by atoms with Gasteiger partial charge in [-0.1, -0.05) is 46.8 Å². The van der Waals surface area contributed by atoms with E-state index in [1.807, 2.05) is 0 Å². The number of allylic oxidation sites excluding steroid dienone is 2. The maximum absolute atomic E-state index is 2.54. The lowest BCUT2D eigenvalue weighted by Gasteiger charge is -2.43. The lowest BCUT2D eigenvalue weighted by Crippen LogP contribution is -2.35. The third kappa shape index (κ3) is 2.73. The summed E-state index contributed by atoms with van der Waals surface area (Å²) in [6.45, 7) is 12.5. The van der Waals surface area contributed by atoms with E-state index in [1.54, 1.807) is 0 Å². The molecule has 0 saturated heterocycles. The van der Waals surface area contributed by atoms with Gasteiger partial charge in [0.25, 0.3) is 0 Å². The van der Waals surface area contributed by atoms with Crippen LogP contribution in [-0.4, -0.2) is 0 Å². The standard InChI is InChI=1S/C21H36/c1-14-12-19(18(5)17(4)16(14)3)10-11-21-13-20(21)9-7-6-8-15(21)2/h6-7,14-20H,8-13H2,1-5H3. The molecule has 3 rings (SSSR count). The zero-order valence-electron chi connectivity index (χ0n) is 14.9. The Hall–Kier alpha value is -0.260. The summed E-state index contributed by atoms with van der Waals surface area (Å²) < 4.78 is 0. The van der Waals surface area contributed by atoms with Crippen molar-refractivity contribution in [3.05, 3.63) is 12.2 Å². The Kier molecular flexibility index (Phi) is 4.27. The van der Waals surface area contributed by atoms with E-state index in [0.29, 0.717) is 0 Å². The van der Waals surface area contributed by atoms with Gasteiger partial charge in [-0.05, 0) is 85.4 Å². The van der Waals surface area contributed by atoms with E-state index in [1.165, 1.54) is 38.5 Å². The normalized spacial score (nSPS) is 53.1. The summed E-state index contributed by atoms with van der Waals surface area (Å²) in [5, 5.41) is 0. The second-order valence-electron chi connectivity index (χ2n) is 9.07. The minimum atomic E-state index is 0.735. The lowest BCUT2D eigenvalue weighted by atomic mass is 9.62. The van der Waals surface area contributed by atoms with Crippen LogP contribution < -0.4 is 0 Å². The Bertz CT molecular complexity index is 395. The highest BCUT2D eigenvalue weighted by Gasteiger charge is 2.56. The molecule has 0 spiro atoms. The number of hydrogen-bond acceptors (Lipinski definition) is 0. The summed E-state index contributed by atoms with van der Waals surface area (Å²) in [5.74, 6) is 6.65. The topological polar surface area (TPSA) is 0 Å². The Labute approximate surface area is 132 Å². The quantitative estimate of drug-likeness (QED) is 0.533. The van der Waals surface area contributed by atoms with Gasteiger partial charge in [-0.3, -0.25) is 0 Å². The van der Waals surface area contributed by atoms with Crippen molar-refractivity contribution in [1.29, 1.82) is 0 Å². The van der Waals surface area contributed by atoms with E-state index in [4.69, 9.17) is 0 Å². The zero-order valence-corrected chi connectivity index (χ0v) is 14.9. The summed E-state index contributed by atoms with van der Waals surface area (Å²) in [7, 11) is 0. The molecule has 0 aliphatic heterocycles. The molecule has 0 heterocycles. The first-order valence-electron chi connectivity index (χ1n) is 9.60. The van der Waals surface area contributed by atoms with Gasteiger partial charge in [-0.25, -0.2) is 0 Å². The highest BCUT2D eigenvalue weighted by atomic mass is 14.6. The summed E-state index contributed by atoms with van der Waals surface area (Å²) >= 11 is 0. The van der Waals surface area contributed by atoms with E-state index in [-0.39, 0.29) is 0 Å². The highest BCUT2D eigenvalue weighted by molar-refractivity contribution is 5.11. The third-order valence-corrected chi connectivity index (χ3v) is 8.29. The third-order valence-electron chi connectivity index (χ3n) is 8.29. The maximum atomic E-state index is 2.54. The van der Waals surface area contributed by atoms with Crippen LogP contribution in [0.1, 0.15) is 73.1 Å². The first-order valence-corrected chi connectivity index (χ1v) is 9.60. The fourth-order valence-electron chi connectivity index (χ4n) is 5.84. The Morgan fingerprint density at radius 1 is 0.905 bits per heavy atom. The average Bonchev–Trinajstić information content (AvgIpc) is 3.19. The van der Waals surface area contributed by atoms with Crippen LogP contribution in [0, 0.1) is 46.8 Å². The second kappa shape index (κ2) is 5.74. The number of hydrogen-bond donors (Lipinski definition) is 0. The molecular weight excluding hydrogens is 252 g/mol. The smallest absolute Gasteiger partial charge is 0.0234 e. The predicted molar refractivity (Wildman–Crippen MR) is 92.1 cm³/mol. The van der Waals surface area contributed by atoms with Gasteiger partial charge in [0.2, 0.25) is 0 Å². The largest absolute Gasteiger partial charge is 0.0882 e. The molecule has 0 heteroatoms. The molecule has 0 aromatic carbocycles. The molecule has 3 aliphatic carbocycles. The van der Waals surface area contributed by atoms with Crippen molar-refractivity contribution in [2.24, 2.45) is 46.8 Å². The van der Waals surface area contributed by atoms with Gasteiger partial charge in [0.1, 0.15) is 0 Å². The molecular formula is C21H36. The van der Waals surface area contributed by atoms with Gasteiger partial charge >= 0.3 is 0 Å². The fraction of sp³-hybridized carbons (Fsp3) is 0.905. The SMILES string of the molecule is CC1CC(CCC23CC2CC=CCC3C)C(C)C(C)C1C. The first kappa shape index (κ1) is 15.6. The van der Waals surface area contributed by atoms with Crippen LogP contribution >= 0.6 is 0 Å². The number of rotatable bonds is 3. The maximum Gasteiger partial charge on any atom is -0.0234 e. The van der Waals surface area contributed by atoms with Crippen LogP contribution in [-0.2, 0) is 0 Å². The van der Waals surface area contributed by atoms with Crippen LogP contribution in [0.15, 0.2) is 12.2 Å². The molecule has 2 fully saturated rings. The molecule has 0 aromatic rings. The van der Waals surface area contributed by atoms with Crippen molar-refractivity contribution >= 4 is 0 Å². The van der Waals surface area contributed by atoms with Gasteiger partial charge in [0, 0.05) is 0 Å². The monoisotopic (exact) mass is 288 g/mol.